The van der Waals surface area contributed by atoms with Gasteiger partial charge in [-0.3, -0.25) is 4.79 Å². The van der Waals surface area contributed by atoms with Crippen molar-refractivity contribution in [3.8, 4) is 11.4 Å². The van der Waals surface area contributed by atoms with Crippen molar-refractivity contribution < 1.29 is 13.9 Å². The van der Waals surface area contributed by atoms with E-state index in [2.05, 4.69) is 10.4 Å². The van der Waals surface area contributed by atoms with Gasteiger partial charge in [0, 0.05) is 23.9 Å². The molecule has 1 heterocycles. The largest absolute Gasteiger partial charge is 0.492 e. The van der Waals surface area contributed by atoms with E-state index in [4.69, 9.17) is 10.5 Å². The highest BCUT2D eigenvalue weighted by molar-refractivity contribution is 5.94. The number of hydrogen-bond acceptors (Lipinski definition) is 4. The normalized spacial score (nSPS) is 11.8. The molecule has 140 valence electrons. The lowest BCUT2D eigenvalue weighted by atomic mass is 10.1. The van der Waals surface area contributed by atoms with Gasteiger partial charge in [0.25, 0.3) is 5.91 Å². The number of amides is 1. The van der Waals surface area contributed by atoms with Gasteiger partial charge in [-0.2, -0.15) is 5.10 Å². The molecule has 3 rings (SSSR count). The number of benzene rings is 2. The summed E-state index contributed by atoms with van der Waals surface area (Å²) in [4.78, 5) is 12.5. The molecule has 0 aliphatic carbocycles. The van der Waals surface area contributed by atoms with Crippen LogP contribution in [0.25, 0.3) is 5.69 Å². The predicted molar refractivity (Wildman–Crippen MR) is 100 cm³/mol. The molecule has 7 heteroatoms. The summed E-state index contributed by atoms with van der Waals surface area (Å²) in [7, 11) is 0. The van der Waals surface area contributed by atoms with Gasteiger partial charge in [0.15, 0.2) is 0 Å². The maximum Gasteiger partial charge on any atom is 0.251 e. The molecule has 1 aromatic heterocycles. The number of para-hydroxylation sites is 1. The van der Waals surface area contributed by atoms with Crippen molar-refractivity contribution in [3.05, 3.63) is 77.9 Å². The summed E-state index contributed by atoms with van der Waals surface area (Å²) in [6.45, 7) is 2.63. The van der Waals surface area contributed by atoms with Crippen LogP contribution in [0.15, 0.2) is 60.9 Å². The third-order valence-electron chi connectivity index (χ3n) is 4.03. The average Bonchev–Trinajstić information content (AvgIpc) is 3.17. The molecule has 0 saturated heterocycles. The fourth-order valence-electron chi connectivity index (χ4n) is 2.60. The fourth-order valence-corrected chi connectivity index (χ4v) is 2.60. The summed E-state index contributed by atoms with van der Waals surface area (Å²) in [5, 5.41) is 7.10. The van der Waals surface area contributed by atoms with Crippen molar-refractivity contribution >= 4 is 5.91 Å². The van der Waals surface area contributed by atoms with Gasteiger partial charge in [0.1, 0.15) is 23.9 Å². The Morgan fingerprint density at radius 1 is 1.30 bits per heavy atom. The first kappa shape index (κ1) is 18.6. The van der Waals surface area contributed by atoms with E-state index in [0.717, 1.165) is 5.56 Å². The average molecular weight is 368 g/mol. The van der Waals surface area contributed by atoms with Crippen LogP contribution < -0.4 is 15.8 Å². The molecule has 3 aromatic rings. The molecule has 1 atom stereocenters. The number of ether oxygens (including phenoxy) is 1. The molecule has 1 amide bonds. The van der Waals surface area contributed by atoms with Gasteiger partial charge < -0.3 is 15.8 Å². The summed E-state index contributed by atoms with van der Waals surface area (Å²) in [6.07, 6.45) is 3.31. The summed E-state index contributed by atoms with van der Waals surface area (Å²) in [5.74, 6) is -0.00871. The number of rotatable bonds is 7. The molecule has 0 radical (unpaired) electrons. The Labute approximate surface area is 156 Å². The predicted octanol–water partition coefficient (Wildman–Crippen LogP) is 2.84. The zero-order valence-electron chi connectivity index (χ0n) is 14.9. The number of nitrogens with zero attached hydrogens (tertiary/aromatic N) is 2. The SMILES string of the molecule is C[C@H](NC(=O)c1cccc(OCCN)c1)c1cnn(-c2ccccc2F)c1. The minimum absolute atomic E-state index is 0.237. The first-order chi connectivity index (χ1) is 13.1. The van der Waals surface area contributed by atoms with Gasteiger partial charge in [-0.05, 0) is 37.3 Å². The smallest absolute Gasteiger partial charge is 0.251 e. The summed E-state index contributed by atoms with van der Waals surface area (Å²) in [6, 6.07) is 13.0. The van der Waals surface area contributed by atoms with Gasteiger partial charge in [-0.15, -0.1) is 0 Å². The van der Waals surface area contributed by atoms with E-state index in [0.29, 0.717) is 30.2 Å². The van der Waals surface area contributed by atoms with Crippen LogP contribution in [0.1, 0.15) is 28.9 Å². The summed E-state index contributed by atoms with van der Waals surface area (Å²) in [5.41, 5.74) is 7.03. The zero-order chi connectivity index (χ0) is 19.2. The molecular weight excluding hydrogens is 347 g/mol. The molecule has 0 unspecified atom stereocenters. The van der Waals surface area contributed by atoms with Crippen LogP contribution in [0.2, 0.25) is 0 Å². The Morgan fingerprint density at radius 3 is 2.89 bits per heavy atom. The first-order valence-corrected chi connectivity index (χ1v) is 8.61. The van der Waals surface area contributed by atoms with E-state index in [9.17, 15) is 9.18 Å². The lowest BCUT2D eigenvalue weighted by molar-refractivity contribution is 0.0939. The zero-order valence-corrected chi connectivity index (χ0v) is 14.9. The topological polar surface area (TPSA) is 82.2 Å². The van der Waals surface area contributed by atoms with E-state index >= 15 is 0 Å². The number of carbonyl (C=O) groups is 1. The van der Waals surface area contributed by atoms with Gasteiger partial charge in [0.2, 0.25) is 0 Å². The van der Waals surface area contributed by atoms with Crippen LogP contribution in [0.3, 0.4) is 0 Å². The van der Waals surface area contributed by atoms with Crippen LogP contribution in [0.5, 0.6) is 5.75 Å². The van der Waals surface area contributed by atoms with Crippen LogP contribution in [0, 0.1) is 5.82 Å². The minimum Gasteiger partial charge on any atom is -0.492 e. The maximum atomic E-state index is 13.9. The van der Waals surface area contributed by atoms with Crippen molar-refractivity contribution in [1.82, 2.24) is 15.1 Å². The lowest BCUT2D eigenvalue weighted by Crippen LogP contribution is -2.26. The number of nitrogens with one attached hydrogen (secondary N) is 1. The number of hydrogen-bond donors (Lipinski definition) is 2. The molecule has 3 N–H and O–H groups in total. The van der Waals surface area contributed by atoms with Crippen LogP contribution in [-0.2, 0) is 0 Å². The number of halogens is 1. The van der Waals surface area contributed by atoms with Gasteiger partial charge in [0.05, 0.1) is 12.2 Å². The molecule has 2 aromatic carbocycles. The quantitative estimate of drug-likeness (QED) is 0.672. The third-order valence-corrected chi connectivity index (χ3v) is 4.03. The molecule has 0 spiro atoms. The van der Waals surface area contributed by atoms with Crippen molar-refractivity contribution in [2.24, 2.45) is 5.73 Å². The Morgan fingerprint density at radius 2 is 2.11 bits per heavy atom. The first-order valence-electron chi connectivity index (χ1n) is 8.61. The highest BCUT2D eigenvalue weighted by atomic mass is 19.1. The Balaban J connectivity index is 1.70. The van der Waals surface area contributed by atoms with Gasteiger partial charge in [-0.25, -0.2) is 9.07 Å². The van der Waals surface area contributed by atoms with E-state index in [-0.39, 0.29) is 17.8 Å². The van der Waals surface area contributed by atoms with Crippen molar-refractivity contribution in [1.29, 1.82) is 0 Å². The molecule has 0 aliphatic rings. The summed E-state index contributed by atoms with van der Waals surface area (Å²) < 4.78 is 20.8. The number of carbonyl (C=O) groups excluding carboxylic acids is 1. The number of nitrogens with two attached hydrogens (primary N) is 1. The second-order valence-corrected chi connectivity index (χ2v) is 6.03. The molecule has 0 fully saturated rings. The second-order valence-electron chi connectivity index (χ2n) is 6.03. The maximum absolute atomic E-state index is 13.9. The fraction of sp³-hybridized carbons (Fsp3) is 0.200. The monoisotopic (exact) mass is 368 g/mol. The molecule has 6 nitrogen and oxygen atoms in total. The molecule has 27 heavy (non-hydrogen) atoms. The van der Waals surface area contributed by atoms with E-state index in [1.807, 2.05) is 6.92 Å². The highest BCUT2D eigenvalue weighted by Gasteiger charge is 2.15. The highest BCUT2D eigenvalue weighted by Crippen LogP contribution is 2.18. The van der Waals surface area contributed by atoms with E-state index in [1.54, 1.807) is 54.9 Å². The number of aromatic nitrogens is 2. The van der Waals surface area contributed by atoms with Gasteiger partial charge >= 0.3 is 0 Å². The molecule has 0 bridgehead atoms. The van der Waals surface area contributed by atoms with Gasteiger partial charge in [-0.1, -0.05) is 18.2 Å². The second kappa shape index (κ2) is 8.46. The Kier molecular flexibility index (Phi) is 5.83. The van der Waals surface area contributed by atoms with Crippen LogP contribution >= 0.6 is 0 Å². The third kappa shape index (κ3) is 4.51. The van der Waals surface area contributed by atoms with E-state index in [1.165, 1.54) is 10.7 Å². The van der Waals surface area contributed by atoms with Crippen LogP contribution in [0.4, 0.5) is 4.39 Å². The Hall–Kier alpha value is -3.19. The molecular formula is C20H21FN4O2. The Bertz CT molecular complexity index is 926. The van der Waals surface area contributed by atoms with Crippen molar-refractivity contribution in [3.63, 3.8) is 0 Å². The van der Waals surface area contributed by atoms with E-state index < -0.39 is 0 Å². The standard InChI is InChI=1S/C20H21FN4O2/c1-14(16-12-23-25(13-16)19-8-3-2-7-18(19)21)24-20(26)15-5-4-6-17(11-15)27-10-9-22/h2-8,11-14H,9-10,22H2,1H3,(H,24,26)/t14-/m0/s1. The van der Waals surface area contributed by atoms with Crippen molar-refractivity contribution in [2.45, 2.75) is 13.0 Å². The summed E-state index contributed by atoms with van der Waals surface area (Å²) >= 11 is 0. The molecule has 0 saturated carbocycles. The van der Waals surface area contributed by atoms with Crippen LogP contribution in [-0.4, -0.2) is 28.8 Å². The molecule has 0 aliphatic heterocycles. The van der Waals surface area contributed by atoms with Crippen molar-refractivity contribution in [2.75, 3.05) is 13.2 Å². The lowest BCUT2D eigenvalue weighted by Gasteiger charge is -2.13. The minimum atomic E-state index is -0.363.